The van der Waals surface area contributed by atoms with Gasteiger partial charge in [0.25, 0.3) is 0 Å². The van der Waals surface area contributed by atoms with Crippen LogP contribution in [0.5, 0.6) is 0 Å². The van der Waals surface area contributed by atoms with Crippen LogP contribution in [0.2, 0.25) is 0 Å². The highest BCUT2D eigenvalue weighted by molar-refractivity contribution is 6.12. The van der Waals surface area contributed by atoms with E-state index in [0.717, 1.165) is 16.8 Å². The minimum absolute atomic E-state index is 0.0395. The van der Waals surface area contributed by atoms with Crippen molar-refractivity contribution in [3.8, 4) is 11.1 Å². The van der Waals surface area contributed by atoms with Gasteiger partial charge in [-0.05, 0) is 27.5 Å². The average molecular weight is 390 g/mol. The quantitative estimate of drug-likeness (QED) is 0.410. The Morgan fingerprint density at radius 3 is 2.23 bits per heavy atom. The average Bonchev–Trinajstić information content (AvgIpc) is 3.25. The van der Waals surface area contributed by atoms with Gasteiger partial charge < -0.3 is 0 Å². The summed E-state index contributed by atoms with van der Waals surface area (Å²) in [6.07, 6.45) is 0.707. The van der Waals surface area contributed by atoms with Gasteiger partial charge in [-0.1, -0.05) is 97.1 Å². The van der Waals surface area contributed by atoms with E-state index >= 15 is 0 Å². The van der Waals surface area contributed by atoms with Crippen LogP contribution in [0.15, 0.2) is 102 Å². The Morgan fingerprint density at radius 1 is 0.800 bits per heavy atom. The van der Waals surface area contributed by atoms with Crippen LogP contribution in [-0.4, -0.2) is 16.6 Å². The molecule has 0 saturated heterocycles. The van der Waals surface area contributed by atoms with E-state index in [1.165, 1.54) is 21.9 Å². The first-order valence-electron chi connectivity index (χ1n) is 10.2. The highest BCUT2D eigenvalue weighted by Crippen LogP contribution is 2.35. The third-order valence-corrected chi connectivity index (χ3v) is 5.74. The summed E-state index contributed by atoms with van der Waals surface area (Å²) in [4.78, 5) is 12.4. The maximum Gasteiger partial charge on any atom is 0.240 e. The lowest BCUT2D eigenvalue weighted by Gasteiger charge is -2.20. The van der Waals surface area contributed by atoms with Crippen LogP contribution < -0.4 is 0 Å². The molecule has 0 N–H and O–H groups in total. The summed E-state index contributed by atoms with van der Waals surface area (Å²) < 4.78 is 0. The third kappa shape index (κ3) is 3.29. The van der Waals surface area contributed by atoms with Crippen molar-refractivity contribution in [2.45, 2.75) is 19.4 Å². The fraction of sp³-hybridized carbons (Fsp3) is 0.111. The van der Waals surface area contributed by atoms with Gasteiger partial charge in [0.05, 0.1) is 11.8 Å². The minimum Gasteiger partial charge on any atom is -0.273 e. The highest BCUT2D eigenvalue weighted by Gasteiger charge is 2.31. The summed E-state index contributed by atoms with van der Waals surface area (Å²) in [5.41, 5.74) is 5.51. The Labute approximate surface area is 176 Å². The molecule has 3 nitrogen and oxygen atoms in total. The van der Waals surface area contributed by atoms with Gasteiger partial charge in [0.1, 0.15) is 0 Å². The number of hydrazone groups is 1. The molecule has 1 amide bonds. The molecule has 1 atom stereocenters. The first kappa shape index (κ1) is 18.3. The topological polar surface area (TPSA) is 32.7 Å². The minimum atomic E-state index is -0.0821. The van der Waals surface area contributed by atoms with Crippen molar-refractivity contribution in [1.29, 1.82) is 0 Å². The molecule has 0 radical (unpaired) electrons. The van der Waals surface area contributed by atoms with Crippen LogP contribution in [-0.2, 0) is 4.79 Å². The van der Waals surface area contributed by atoms with Crippen LogP contribution >= 0.6 is 0 Å². The highest BCUT2D eigenvalue weighted by atomic mass is 16.2. The Morgan fingerprint density at radius 2 is 1.47 bits per heavy atom. The lowest BCUT2D eigenvalue weighted by Crippen LogP contribution is -2.24. The molecule has 1 unspecified atom stereocenters. The van der Waals surface area contributed by atoms with Gasteiger partial charge in [0.15, 0.2) is 0 Å². The largest absolute Gasteiger partial charge is 0.273 e. The zero-order valence-corrected chi connectivity index (χ0v) is 16.8. The molecule has 0 bridgehead atoms. The number of amides is 1. The lowest BCUT2D eigenvalue weighted by atomic mass is 9.94. The van der Waals surface area contributed by atoms with Crippen molar-refractivity contribution in [2.75, 3.05) is 0 Å². The number of benzene rings is 4. The Hall–Kier alpha value is -3.72. The molecular formula is C27H22N2O. The van der Waals surface area contributed by atoms with Crippen LogP contribution in [0.25, 0.3) is 21.9 Å². The van der Waals surface area contributed by atoms with E-state index in [4.69, 9.17) is 5.10 Å². The number of hydrogen-bond donors (Lipinski definition) is 0. The molecule has 30 heavy (non-hydrogen) atoms. The van der Waals surface area contributed by atoms with Gasteiger partial charge in [0, 0.05) is 18.9 Å². The number of rotatable bonds is 3. The molecule has 0 saturated carbocycles. The van der Waals surface area contributed by atoms with Gasteiger partial charge in [-0.2, -0.15) is 5.10 Å². The molecule has 0 aromatic heterocycles. The van der Waals surface area contributed by atoms with Crippen LogP contribution in [0.3, 0.4) is 0 Å². The molecule has 4 aromatic rings. The smallest absolute Gasteiger partial charge is 0.240 e. The van der Waals surface area contributed by atoms with Gasteiger partial charge in [0.2, 0.25) is 5.91 Å². The molecular weight excluding hydrogens is 368 g/mol. The molecule has 5 rings (SSSR count). The zero-order chi connectivity index (χ0) is 20.5. The zero-order valence-electron chi connectivity index (χ0n) is 16.8. The summed E-state index contributed by atoms with van der Waals surface area (Å²) in [5.74, 6) is -0.0395. The van der Waals surface area contributed by atoms with E-state index in [-0.39, 0.29) is 11.9 Å². The molecule has 1 aliphatic heterocycles. The van der Waals surface area contributed by atoms with Crippen molar-refractivity contribution in [1.82, 2.24) is 5.01 Å². The summed E-state index contributed by atoms with van der Waals surface area (Å²) in [5, 5.41) is 8.73. The van der Waals surface area contributed by atoms with Gasteiger partial charge in [-0.25, -0.2) is 5.01 Å². The first-order valence-corrected chi connectivity index (χ1v) is 10.2. The second kappa shape index (κ2) is 7.60. The first-order chi connectivity index (χ1) is 14.7. The monoisotopic (exact) mass is 390 g/mol. The number of carbonyl (C=O) groups excluding carboxylic acids is 1. The summed E-state index contributed by atoms with van der Waals surface area (Å²) in [6.45, 7) is 1.58. The molecule has 0 fully saturated rings. The van der Waals surface area contributed by atoms with E-state index in [2.05, 4.69) is 66.7 Å². The van der Waals surface area contributed by atoms with Crippen LogP contribution in [0, 0.1) is 0 Å². The Bertz CT molecular complexity index is 1240. The normalized spacial score (nSPS) is 16.0. The van der Waals surface area contributed by atoms with E-state index < -0.39 is 0 Å². The molecule has 3 heteroatoms. The second-order valence-corrected chi connectivity index (χ2v) is 7.64. The third-order valence-electron chi connectivity index (χ3n) is 5.74. The summed E-state index contributed by atoms with van der Waals surface area (Å²) in [7, 11) is 0. The van der Waals surface area contributed by atoms with E-state index in [9.17, 15) is 4.79 Å². The van der Waals surface area contributed by atoms with E-state index in [0.29, 0.717) is 6.42 Å². The number of hydrogen-bond acceptors (Lipinski definition) is 2. The van der Waals surface area contributed by atoms with Gasteiger partial charge >= 0.3 is 0 Å². The van der Waals surface area contributed by atoms with Gasteiger partial charge in [-0.15, -0.1) is 0 Å². The van der Waals surface area contributed by atoms with Crippen molar-refractivity contribution < 1.29 is 4.79 Å². The number of fused-ring (bicyclic) bond motifs is 1. The van der Waals surface area contributed by atoms with E-state index in [1.807, 2.05) is 30.3 Å². The van der Waals surface area contributed by atoms with Crippen molar-refractivity contribution in [3.05, 3.63) is 108 Å². The fourth-order valence-corrected chi connectivity index (χ4v) is 4.23. The Kier molecular flexibility index (Phi) is 4.64. The second-order valence-electron chi connectivity index (χ2n) is 7.64. The molecule has 146 valence electrons. The molecule has 0 aliphatic carbocycles. The predicted molar refractivity (Wildman–Crippen MR) is 122 cm³/mol. The van der Waals surface area contributed by atoms with Crippen molar-refractivity contribution in [2.24, 2.45) is 5.10 Å². The lowest BCUT2D eigenvalue weighted by molar-refractivity contribution is -0.130. The molecule has 4 aromatic carbocycles. The standard InChI is InChI=1S/C27H22N2O/c1-19(30)29-27(23-16-14-21(15-17-23)20-8-3-2-4-9-20)18-26(28-29)25-13-7-11-22-10-5-6-12-24(22)25/h2-17,27H,18H2,1H3. The van der Waals surface area contributed by atoms with Crippen molar-refractivity contribution >= 4 is 22.4 Å². The summed E-state index contributed by atoms with van der Waals surface area (Å²) in [6, 6.07) is 33.3. The maximum atomic E-state index is 12.4. The van der Waals surface area contributed by atoms with E-state index in [1.54, 1.807) is 11.9 Å². The fourth-order valence-electron chi connectivity index (χ4n) is 4.23. The number of carbonyl (C=O) groups is 1. The molecule has 1 heterocycles. The maximum absolute atomic E-state index is 12.4. The SMILES string of the molecule is CC(=O)N1N=C(c2cccc3ccccc23)CC1c1ccc(-c2ccccc2)cc1. The Balaban J connectivity index is 1.49. The van der Waals surface area contributed by atoms with Crippen molar-refractivity contribution in [3.63, 3.8) is 0 Å². The summed E-state index contributed by atoms with van der Waals surface area (Å²) >= 11 is 0. The van der Waals surface area contributed by atoms with Gasteiger partial charge in [-0.3, -0.25) is 4.79 Å². The van der Waals surface area contributed by atoms with Crippen LogP contribution in [0.4, 0.5) is 0 Å². The number of nitrogens with zero attached hydrogens (tertiary/aromatic N) is 2. The molecule has 1 aliphatic rings. The predicted octanol–water partition coefficient (Wildman–Crippen LogP) is 6.20. The molecule has 0 spiro atoms. The van der Waals surface area contributed by atoms with Crippen LogP contribution in [0.1, 0.15) is 30.5 Å².